The molecule has 0 aromatic rings. The van der Waals surface area contributed by atoms with Gasteiger partial charge in [0.2, 0.25) is 0 Å². The highest BCUT2D eigenvalue weighted by Crippen LogP contribution is 2.45. The molecule has 5 unspecified atom stereocenters. The van der Waals surface area contributed by atoms with Gasteiger partial charge < -0.3 is 34.2 Å². The van der Waals surface area contributed by atoms with Crippen molar-refractivity contribution in [3.05, 3.63) is 146 Å². The molecule has 0 rings (SSSR count). The molecule has 0 aliphatic heterocycles. The number of hydrogen-bond donors (Lipinski definition) is 4. The Kier molecular flexibility index (Phi) is 67.9. The Balaban J connectivity index is 4.67. The number of allylic oxidation sites excluding steroid dienone is 24. The van der Waals surface area contributed by atoms with Crippen LogP contribution in [0.5, 0.6) is 0 Å². The summed E-state index contributed by atoms with van der Waals surface area (Å²) in [5.41, 5.74) is 0. The molecule has 0 fully saturated rings. The Morgan fingerprint density at radius 3 is 0.866 bits per heavy atom. The number of phosphoric ester groups is 2. The third-order valence-electron chi connectivity index (χ3n) is 15.0. The molecule has 16 nitrogen and oxygen atoms in total. The zero-order valence-corrected chi connectivity index (χ0v) is 62.0. The summed E-state index contributed by atoms with van der Waals surface area (Å²) >= 11 is 0. The van der Waals surface area contributed by atoms with Crippen LogP contribution < -0.4 is 0 Å². The molecule has 0 aromatic carbocycles. The van der Waals surface area contributed by atoms with Crippen molar-refractivity contribution in [2.75, 3.05) is 39.6 Å². The first kappa shape index (κ1) is 92.4. The highest BCUT2D eigenvalue weighted by molar-refractivity contribution is 7.47. The van der Waals surface area contributed by atoms with Gasteiger partial charge in [-0.1, -0.05) is 256 Å². The number of carbonyl (C=O) groups is 3. The molecule has 554 valence electrons. The van der Waals surface area contributed by atoms with Gasteiger partial charge in [-0.2, -0.15) is 0 Å². The molecule has 0 radical (unpaired) electrons. The van der Waals surface area contributed by atoms with E-state index in [1.54, 1.807) is 0 Å². The van der Waals surface area contributed by atoms with Crippen molar-refractivity contribution >= 4 is 33.6 Å². The quantitative estimate of drug-likeness (QED) is 0.0146. The highest BCUT2D eigenvalue weighted by atomic mass is 31.2. The van der Waals surface area contributed by atoms with Crippen molar-refractivity contribution < 1.29 is 75.8 Å². The number of ether oxygens (including phenoxy) is 3. The van der Waals surface area contributed by atoms with Crippen LogP contribution >= 0.6 is 15.6 Å². The Bertz CT molecular complexity index is 2350. The monoisotopic (exact) mass is 1400 g/mol. The molecule has 97 heavy (non-hydrogen) atoms. The highest BCUT2D eigenvalue weighted by Gasteiger charge is 2.29. The lowest BCUT2D eigenvalue weighted by molar-refractivity contribution is -0.161. The number of aliphatic hydroxyl groups excluding tert-OH is 2. The lowest BCUT2D eigenvalue weighted by atomic mass is 10.1. The van der Waals surface area contributed by atoms with Gasteiger partial charge >= 0.3 is 33.6 Å². The van der Waals surface area contributed by atoms with E-state index in [1.807, 2.05) is 0 Å². The van der Waals surface area contributed by atoms with Crippen LogP contribution in [0.3, 0.4) is 0 Å². The first-order valence-electron chi connectivity index (χ1n) is 37.1. The van der Waals surface area contributed by atoms with Crippen LogP contribution in [-0.2, 0) is 55.8 Å². The molecule has 0 aromatic heterocycles. The lowest BCUT2D eigenvalue weighted by Gasteiger charge is -2.21. The number of rotatable bonds is 69. The van der Waals surface area contributed by atoms with E-state index in [0.29, 0.717) is 19.3 Å². The minimum absolute atomic E-state index is 0.0798. The fourth-order valence-electron chi connectivity index (χ4n) is 9.35. The molecule has 0 aliphatic carbocycles. The van der Waals surface area contributed by atoms with Crippen molar-refractivity contribution in [2.24, 2.45) is 0 Å². The van der Waals surface area contributed by atoms with Crippen LogP contribution in [0.25, 0.3) is 0 Å². The van der Waals surface area contributed by atoms with Crippen molar-refractivity contribution in [1.82, 2.24) is 0 Å². The van der Waals surface area contributed by atoms with Gasteiger partial charge in [0, 0.05) is 19.3 Å². The SMILES string of the molecule is CC/C=C\C/C=C\C/C=C\C/C=C\C/C=C\C/C=C\CCCCCCCCC(=O)OCC(O)COP(=O)(O)OCC(O)COP(=O)(O)OCC(COC(=O)CCCCCCC/C=C\C/C=C\C/C=C\C/C=C\CCCCC)OC(=O)CCCCCCC/C=C\C/C=C\CCCCC. The maximum Gasteiger partial charge on any atom is 0.472 e. The molecule has 18 heteroatoms. The van der Waals surface area contributed by atoms with Crippen LogP contribution in [0.2, 0.25) is 0 Å². The fraction of sp³-hybridized carbons (Fsp3) is 0.658. The second-order valence-electron chi connectivity index (χ2n) is 24.4. The van der Waals surface area contributed by atoms with Gasteiger partial charge in [0.05, 0.1) is 26.4 Å². The Morgan fingerprint density at radius 1 is 0.299 bits per heavy atom. The van der Waals surface area contributed by atoms with Gasteiger partial charge in [0.25, 0.3) is 0 Å². The summed E-state index contributed by atoms with van der Waals surface area (Å²) in [5, 5.41) is 20.6. The van der Waals surface area contributed by atoms with Crippen LogP contribution in [0.4, 0.5) is 0 Å². The minimum Gasteiger partial charge on any atom is -0.463 e. The van der Waals surface area contributed by atoms with Crippen LogP contribution in [0, 0.1) is 0 Å². The van der Waals surface area contributed by atoms with Gasteiger partial charge in [-0.15, -0.1) is 0 Å². The van der Waals surface area contributed by atoms with Gasteiger partial charge in [-0.25, -0.2) is 9.13 Å². The van der Waals surface area contributed by atoms with Gasteiger partial charge in [0.15, 0.2) is 6.10 Å². The van der Waals surface area contributed by atoms with E-state index in [1.165, 1.54) is 44.9 Å². The average Bonchev–Trinajstić information content (AvgIpc) is 1.82. The van der Waals surface area contributed by atoms with Crippen molar-refractivity contribution in [1.29, 1.82) is 0 Å². The van der Waals surface area contributed by atoms with Gasteiger partial charge in [-0.05, 0) is 148 Å². The predicted molar refractivity (Wildman–Crippen MR) is 399 cm³/mol. The molecule has 5 atom stereocenters. The smallest absolute Gasteiger partial charge is 0.463 e. The molecule has 0 bridgehead atoms. The molecule has 0 aliphatic rings. The normalized spacial score (nSPS) is 14.9. The summed E-state index contributed by atoms with van der Waals surface area (Å²) < 4.78 is 61.0. The second-order valence-corrected chi connectivity index (χ2v) is 27.3. The summed E-state index contributed by atoms with van der Waals surface area (Å²) in [5.74, 6) is -1.63. The standard InChI is InChI=1S/C79H132O16P2/c1-4-7-10-13-16-19-22-25-28-30-32-34-35-36-37-39-41-42-45-47-50-53-56-59-62-65-77(82)89-68-74(80)69-91-96(85,86)92-70-75(81)71-93-97(87,88)94-73-76(95-79(84)67-64-61-58-55-52-49-44-27-24-21-18-15-12-9-6-3)72-90-78(83)66-63-60-57-54-51-48-46-43-40-38-33-31-29-26-23-20-17-14-11-8-5-2/h7,10,16-21,25-29,32-34,36-38,41-44,46,74-76,80-81H,4-6,8-9,11-15,22-24,30-31,35,39-40,45,47-73H2,1-3H3,(H,85,86)(H,87,88)/b10-7-,19-16-,20-17-,21-18-,28-25-,29-26-,34-32-,37-36-,38-33-,42-41-,44-27-,46-43-. The largest absolute Gasteiger partial charge is 0.472 e. The van der Waals surface area contributed by atoms with Crippen LogP contribution in [-0.4, -0.2) is 95.9 Å². The van der Waals surface area contributed by atoms with Crippen LogP contribution in [0.1, 0.15) is 278 Å². The maximum absolute atomic E-state index is 12.9. The molecule has 0 heterocycles. The van der Waals surface area contributed by atoms with Crippen molar-refractivity contribution in [3.63, 3.8) is 0 Å². The fourth-order valence-corrected chi connectivity index (χ4v) is 10.9. The van der Waals surface area contributed by atoms with Gasteiger partial charge in [0.1, 0.15) is 25.4 Å². The van der Waals surface area contributed by atoms with E-state index in [2.05, 4.69) is 167 Å². The first-order chi connectivity index (χ1) is 47.2. The minimum atomic E-state index is -4.94. The number of hydrogen-bond acceptors (Lipinski definition) is 14. The predicted octanol–water partition coefficient (Wildman–Crippen LogP) is 21.3. The van der Waals surface area contributed by atoms with Crippen LogP contribution in [0.15, 0.2) is 146 Å². The summed E-state index contributed by atoms with van der Waals surface area (Å²) in [6.45, 7) is 2.44. The van der Waals surface area contributed by atoms with Crippen molar-refractivity contribution in [2.45, 2.75) is 296 Å². The topological polar surface area (TPSA) is 231 Å². The summed E-state index contributed by atoms with van der Waals surface area (Å²) in [6, 6.07) is 0. The molecular weight excluding hydrogens is 1270 g/mol. The van der Waals surface area contributed by atoms with Gasteiger partial charge in [-0.3, -0.25) is 32.5 Å². The Hall–Kier alpha value is -4.57. The zero-order chi connectivity index (χ0) is 70.9. The van der Waals surface area contributed by atoms with E-state index in [9.17, 15) is 43.5 Å². The maximum atomic E-state index is 12.9. The van der Waals surface area contributed by atoms with E-state index in [-0.39, 0.29) is 19.3 Å². The van der Waals surface area contributed by atoms with E-state index < -0.39 is 91.5 Å². The Labute approximate surface area is 587 Å². The first-order valence-corrected chi connectivity index (χ1v) is 40.1. The number of unbranched alkanes of at least 4 members (excludes halogenated alkanes) is 22. The molecular formula is C79H132O16P2. The summed E-state index contributed by atoms with van der Waals surface area (Å²) in [6.07, 6.45) is 86.0. The second kappa shape index (κ2) is 71.3. The number of carbonyl (C=O) groups excluding carboxylic acids is 3. The van der Waals surface area contributed by atoms with Crippen molar-refractivity contribution in [3.8, 4) is 0 Å². The summed E-state index contributed by atoms with van der Waals surface area (Å²) in [7, 11) is -9.81. The average molecular weight is 1400 g/mol. The number of aliphatic hydroxyl groups is 2. The van der Waals surface area contributed by atoms with E-state index in [0.717, 1.165) is 173 Å². The Morgan fingerprint density at radius 2 is 0.546 bits per heavy atom. The third-order valence-corrected chi connectivity index (χ3v) is 16.9. The molecule has 0 saturated heterocycles. The number of phosphoric acid groups is 2. The third kappa shape index (κ3) is 72.5. The molecule has 4 N–H and O–H groups in total. The zero-order valence-electron chi connectivity index (χ0n) is 60.2. The van der Waals surface area contributed by atoms with E-state index in [4.69, 9.17) is 32.3 Å². The molecule has 0 amide bonds. The molecule has 0 saturated carbocycles. The lowest BCUT2D eigenvalue weighted by Crippen LogP contribution is -2.30. The van der Waals surface area contributed by atoms with E-state index >= 15 is 0 Å². The molecule has 0 spiro atoms. The summed E-state index contributed by atoms with van der Waals surface area (Å²) in [4.78, 5) is 58.5. The number of esters is 3.